The van der Waals surface area contributed by atoms with Crippen LogP contribution in [0, 0.1) is 19.3 Å². The molecule has 4 aliphatic rings. The molecule has 4 heterocycles. The quantitative estimate of drug-likeness (QED) is 0.361. The van der Waals surface area contributed by atoms with Crippen molar-refractivity contribution in [2.24, 2.45) is 5.41 Å². The maximum absolute atomic E-state index is 6.77. The Bertz CT molecular complexity index is 1090. The van der Waals surface area contributed by atoms with Crippen molar-refractivity contribution in [1.82, 2.24) is 0 Å². The SMILES string of the molecule is Cc1cc2c(c(C(C)(C)C)c1)OP(OCC13COP(OC1)OC3)Oc1c(cc(C)cc1C(C)(C)C)C2C. The molecular formula is C29H40O6P2. The van der Waals surface area contributed by atoms with Crippen LogP contribution in [0.15, 0.2) is 24.3 Å². The third kappa shape index (κ3) is 5.44. The predicted molar refractivity (Wildman–Crippen MR) is 149 cm³/mol. The zero-order valence-corrected chi connectivity index (χ0v) is 25.3. The third-order valence-corrected chi connectivity index (χ3v) is 9.33. The Hall–Kier alpha value is -1.26. The molecule has 0 saturated carbocycles. The van der Waals surface area contributed by atoms with Gasteiger partial charge in [-0.1, -0.05) is 83.9 Å². The maximum Gasteiger partial charge on any atom is 0.463 e. The lowest BCUT2D eigenvalue weighted by atomic mass is 9.79. The highest BCUT2D eigenvalue weighted by molar-refractivity contribution is 7.42. The topological polar surface area (TPSA) is 55.4 Å². The Morgan fingerprint density at radius 2 is 1.22 bits per heavy atom. The number of rotatable bonds is 3. The summed E-state index contributed by atoms with van der Waals surface area (Å²) < 4.78 is 37.2. The lowest BCUT2D eigenvalue weighted by Gasteiger charge is -2.43. The van der Waals surface area contributed by atoms with Gasteiger partial charge in [0.2, 0.25) is 0 Å². The fourth-order valence-electron chi connectivity index (χ4n) is 5.07. The van der Waals surface area contributed by atoms with Crippen molar-refractivity contribution < 1.29 is 27.1 Å². The predicted octanol–water partition coefficient (Wildman–Crippen LogP) is 8.36. The maximum atomic E-state index is 6.77. The number of benzene rings is 2. The summed E-state index contributed by atoms with van der Waals surface area (Å²) in [5.41, 5.74) is 6.54. The van der Waals surface area contributed by atoms with Crippen LogP contribution in [0.5, 0.6) is 11.5 Å². The summed E-state index contributed by atoms with van der Waals surface area (Å²) in [7, 11) is -2.96. The Kier molecular flexibility index (Phi) is 7.19. The van der Waals surface area contributed by atoms with Gasteiger partial charge < -0.3 is 22.6 Å². The van der Waals surface area contributed by atoms with E-state index in [9.17, 15) is 0 Å². The van der Waals surface area contributed by atoms with Gasteiger partial charge in [0, 0.05) is 28.2 Å². The molecule has 202 valence electrons. The van der Waals surface area contributed by atoms with Crippen LogP contribution in [-0.2, 0) is 28.9 Å². The van der Waals surface area contributed by atoms with E-state index in [1.165, 1.54) is 22.3 Å². The number of hydrogen-bond acceptors (Lipinski definition) is 6. The minimum atomic E-state index is -1.76. The zero-order chi connectivity index (χ0) is 26.8. The first-order valence-electron chi connectivity index (χ1n) is 13.0. The molecule has 2 bridgehead atoms. The van der Waals surface area contributed by atoms with Crippen molar-refractivity contribution >= 4 is 17.2 Å². The molecule has 2 aromatic carbocycles. The molecule has 0 unspecified atom stereocenters. The highest BCUT2D eigenvalue weighted by Crippen LogP contribution is 2.57. The van der Waals surface area contributed by atoms with E-state index in [1.807, 2.05) is 0 Å². The second-order valence-electron chi connectivity index (χ2n) is 12.9. The van der Waals surface area contributed by atoms with Crippen LogP contribution in [0.2, 0.25) is 0 Å². The highest BCUT2D eigenvalue weighted by Gasteiger charge is 2.46. The largest absolute Gasteiger partial charge is 0.463 e. The monoisotopic (exact) mass is 546 g/mol. The van der Waals surface area contributed by atoms with Gasteiger partial charge in [-0.15, -0.1) is 0 Å². The molecule has 8 heteroatoms. The Labute approximate surface area is 224 Å². The van der Waals surface area contributed by atoms with E-state index in [1.54, 1.807) is 0 Å². The number of aryl methyl sites for hydroxylation is 2. The van der Waals surface area contributed by atoms with E-state index in [0.717, 1.165) is 22.6 Å². The van der Waals surface area contributed by atoms with E-state index >= 15 is 0 Å². The van der Waals surface area contributed by atoms with Gasteiger partial charge in [0.15, 0.2) is 0 Å². The van der Waals surface area contributed by atoms with Crippen molar-refractivity contribution in [3.8, 4) is 11.5 Å². The van der Waals surface area contributed by atoms with Crippen molar-refractivity contribution in [1.29, 1.82) is 0 Å². The molecular weight excluding hydrogens is 506 g/mol. The molecule has 0 spiro atoms. The van der Waals surface area contributed by atoms with Crippen LogP contribution in [0.4, 0.5) is 0 Å². The molecule has 4 aliphatic heterocycles. The molecule has 0 aliphatic carbocycles. The van der Waals surface area contributed by atoms with Crippen molar-refractivity contribution in [3.63, 3.8) is 0 Å². The number of fused-ring (bicyclic) bond motifs is 5. The van der Waals surface area contributed by atoms with Gasteiger partial charge in [-0.25, -0.2) is 0 Å². The van der Waals surface area contributed by atoms with Gasteiger partial charge in [0.25, 0.3) is 0 Å². The first-order chi connectivity index (χ1) is 17.3. The van der Waals surface area contributed by atoms with Crippen molar-refractivity contribution in [3.05, 3.63) is 57.6 Å². The van der Waals surface area contributed by atoms with E-state index in [-0.39, 0.29) is 22.2 Å². The summed E-state index contributed by atoms with van der Waals surface area (Å²) in [6, 6.07) is 8.99. The molecule has 37 heavy (non-hydrogen) atoms. The van der Waals surface area contributed by atoms with Gasteiger partial charge >= 0.3 is 17.2 Å². The first kappa shape index (κ1) is 27.3. The zero-order valence-electron chi connectivity index (χ0n) is 23.6. The van der Waals surface area contributed by atoms with Crippen LogP contribution in [0.1, 0.15) is 87.8 Å². The highest BCUT2D eigenvalue weighted by atomic mass is 31.2. The second-order valence-corrected chi connectivity index (χ2v) is 15.2. The summed E-state index contributed by atoms with van der Waals surface area (Å²) in [4.78, 5) is 0. The molecule has 0 radical (unpaired) electrons. The van der Waals surface area contributed by atoms with Crippen LogP contribution in [0.25, 0.3) is 0 Å². The first-order valence-corrected chi connectivity index (χ1v) is 15.2. The summed E-state index contributed by atoms with van der Waals surface area (Å²) >= 11 is 0. The summed E-state index contributed by atoms with van der Waals surface area (Å²) in [5, 5.41) is 0. The van der Waals surface area contributed by atoms with Gasteiger partial charge in [0.1, 0.15) is 11.5 Å². The fraction of sp³-hybridized carbons (Fsp3) is 0.586. The van der Waals surface area contributed by atoms with Crippen LogP contribution < -0.4 is 9.05 Å². The summed E-state index contributed by atoms with van der Waals surface area (Å²) in [6.45, 7) is 22.0. The van der Waals surface area contributed by atoms with Crippen molar-refractivity contribution in [2.75, 3.05) is 26.4 Å². The van der Waals surface area contributed by atoms with E-state index in [4.69, 9.17) is 27.1 Å². The summed E-state index contributed by atoms with van der Waals surface area (Å²) in [5.74, 6) is 1.84. The van der Waals surface area contributed by atoms with Crippen LogP contribution in [-0.4, -0.2) is 26.4 Å². The average molecular weight is 547 g/mol. The van der Waals surface area contributed by atoms with Gasteiger partial charge in [-0.3, -0.25) is 4.52 Å². The molecule has 0 N–H and O–H groups in total. The minimum Gasteiger partial charge on any atom is -0.417 e. The smallest absolute Gasteiger partial charge is 0.417 e. The molecule has 0 atom stereocenters. The van der Waals surface area contributed by atoms with Gasteiger partial charge in [-0.2, -0.15) is 0 Å². The van der Waals surface area contributed by atoms with E-state index in [0.29, 0.717) is 26.4 Å². The van der Waals surface area contributed by atoms with E-state index < -0.39 is 17.2 Å². The van der Waals surface area contributed by atoms with Crippen LogP contribution >= 0.6 is 17.2 Å². The average Bonchev–Trinajstić information content (AvgIpc) is 2.82. The molecule has 0 amide bonds. The fourth-order valence-corrected chi connectivity index (χ4v) is 7.66. The molecule has 6 nitrogen and oxygen atoms in total. The second kappa shape index (κ2) is 9.73. The van der Waals surface area contributed by atoms with Crippen LogP contribution in [0.3, 0.4) is 0 Å². The standard InChI is InChI=1S/C29H40O6P2/c1-18-10-21-20(3)22-11-19(2)13-24(28(7,8)9)26(22)35-37(34-25(21)23(12-18)27(4,5)6)33-17-29-14-30-36(31-15-29)32-16-29/h10-13,20H,14-17H2,1-9H3. The van der Waals surface area contributed by atoms with Gasteiger partial charge in [0.05, 0.1) is 31.8 Å². The Morgan fingerprint density at radius 3 is 1.62 bits per heavy atom. The normalized spacial score (nSPS) is 27.4. The lowest BCUT2D eigenvalue weighted by molar-refractivity contribution is -0.0926. The van der Waals surface area contributed by atoms with Crippen molar-refractivity contribution in [2.45, 2.75) is 79.1 Å². The van der Waals surface area contributed by atoms with E-state index in [2.05, 4.69) is 86.6 Å². The molecule has 2 aromatic rings. The Balaban J connectivity index is 1.63. The minimum absolute atomic E-state index is 0.0916. The molecule has 0 aromatic heterocycles. The molecule has 3 saturated heterocycles. The molecule has 6 rings (SSSR count). The lowest BCUT2D eigenvalue weighted by Crippen LogP contribution is -2.46. The molecule has 3 fully saturated rings. The van der Waals surface area contributed by atoms with Gasteiger partial charge in [-0.05, 0) is 24.7 Å². The summed E-state index contributed by atoms with van der Waals surface area (Å²) in [6.07, 6.45) is 0. The third-order valence-electron chi connectivity index (χ3n) is 7.31. The number of hydrogen-bond donors (Lipinski definition) is 0. The Morgan fingerprint density at radius 1 is 0.784 bits per heavy atom.